The predicted octanol–water partition coefficient (Wildman–Crippen LogP) is 1.22. The number of ether oxygens (including phenoxy) is 1. The van der Waals surface area contributed by atoms with Crippen molar-refractivity contribution in [3.63, 3.8) is 0 Å². The van der Waals surface area contributed by atoms with Crippen LogP contribution in [0.5, 0.6) is 0 Å². The highest BCUT2D eigenvalue weighted by atomic mass is 16.5. The van der Waals surface area contributed by atoms with E-state index in [1.165, 1.54) is 0 Å². The van der Waals surface area contributed by atoms with Crippen LogP contribution in [0.1, 0.15) is 41.0 Å². The SMILES string of the molecule is CCC(N)C(N1CC(C)OC(CO)C1)C(C)(C)C. The number of rotatable bonds is 4. The van der Waals surface area contributed by atoms with Crippen LogP contribution in [-0.2, 0) is 4.74 Å². The fourth-order valence-corrected chi connectivity index (χ4v) is 3.09. The van der Waals surface area contributed by atoms with E-state index >= 15 is 0 Å². The zero-order chi connectivity index (χ0) is 13.9. The summed E-state index contributed by atoms with van der Waals surface area (Å²) in [6.07, 6.45) is 1.05. The Morgan fingerprint density at radius 1 is 1.39 bits per heavy atom. The minimum atomic E-state index is -0.0809. The second-order valence-corrected chi connectivity index (χ2v) is 6.59. The van der Waals surface area contributed by atoms with Crippen molar-refractivity contribution >= 4 is 0 Å². The van der Waals surface area contributed by atoms with Crippen LogP contribution in [0.25, 0.3) is 0 Å². The molecular weight excluding hydrogens is 228 g/mol. The lowest BCUT2D eigenvalue weighted by molar-refractivity contribution is -0.118. The Morgan fingerprint density at radius 2 is 2.00 bits per heavy atom. The molecule has 1 aliphatic rings. The number of nitrogens with two attached hydrogens (primary N) is 1. The van der Waals surface area contributed by atoms with Crippen molar-refractivity contribution in [1.29, 1.82) is 0 Å². The van der Waals surface area contributed by atoms with Gasteiger partial charge in [0, 0.05) is 25.2 Å². The van der Waals surface area contributed by atoms with E-state index < -0.39 is 0 Å². The van der Waals surface area contributed by atoms with Gasteiger partial charge >= 0.3 is 0 Å². The third-order valence-electron chi connectivity index (χ3n) is 3.72. The first kappa shape index (κ1) is 15.9. The van der Waals surface area contributed by atoms with Crippen molar-refractivity contribution in [1.82, 2.24) is 4.90 Å². The van der Waals surface area contributed by atoms with Gasteiger partial charge in [-0.15, -0.1) is 0 Å². The normalized spacial score (nSPS) is 30.2. The van der Waals surface area contributed by atoms with Gasteiger partial charge in [0.25, 0.3) is 0 Å². The van der Waals surface area contributed by atoms with Crippen LogP contribution in [0, 0.1) is 5.41 Å². The molecule has 1 heterocycles. The molecule has 0 aromatic carbocycles. The number of aliphatic hydroxyl groups excluding tert-OH is 1. The summed E-state index contributed by atoms with van der Waals surface area (Å²) in [4.78, 5) is 2.41. The molecule has 108 valence electrons. The molecule has 0 saturated carbocycles. The Morgan fingerprint density at radius 3 is 2.44 bits per heavy atom. The highest BCUT2D eigenvalue weighted by Gasteiger charge is 2.38. The minimum Gasteiger partial charge on any atom is -0.394 e. The van der Waals surface area contributed by atoms with E-state index in [4.69, 9.17) is 10.5 Å². The summed E-state index contributed by atoms with van der Waals surface area (Å²) >= 11 is 0. The molecule has 1 rings (SSSR count). The smallest absolute Gasteiger partial charge is 0.0936 e. The fourth-order valence-electron chi connectivity index (χ4n) is 3.09. The lowest BCUT2D eigenvalue weighted by Crippen LogP contribution is -2.60. The van der Waals surface area contributed by atoms with Gasteiger partial charge in [0.05, 0.1) is 18.8 Å². The molecule has 0 aromatic rings. The van der Waals surface area contributed by atoms with E-state index in [1.54, 1.807) is 0 Å². The second kappa shape index (κ2) is 6.33. The van der Waals surface area contributed by atoms with Crippen molar-refractivity contribution in [2.75, 3.05) is 19.7 Å². The molecule has 4 unspecified atom stereocenters. The molecule has 3 N–H and O–H groups in total. The second-order valence-electron chi connectivity index (χ2n) is 6.59. The van der Waals surface area contributed by atoms with E-state index in [2.05, 4.69) is 39.5 Å². The Kier molecular flexibility index (Phi) is 5.59. The number of morpholine rings is 1. The number of hydrogen-bond donors (Lipinski definition) is 2. The average molecular weight is 258 g/mol. The van der Waals surface area contributed by atoms with Gasteiger partial charge in [-0.25, -0.2) is 0 Å². The van der Waals surface area contributed by atoms with Crippen LogP contribution < -0.4 is 5.73 Å². The Hall–Kier alpha value is -0.160. The Balaban J connectivity index is 2.84. The van der Waals surface area contributed by atoms with E-state index in [-0.39, 0.29) is 30.3 Å². The van der Waals surface area contributed by atoms with Gasteiger partial charge in [-0.3, -0.25) is 4.90 Å². The third-order valence-corrected chi connectivity index (χ3v) is 3.72. The minimum absolute atomic E-state index is 0.0809. The van der Waals surface area contributed by atoms with Gasteiger partial charge in [-0.05, 0) is 18.8 Å². The standard InChI is InChI=1S/C14H30N2O2/c1-6-12(15)13(14(3,4)5)16-7-10(2)18-11(8-16)9-17/h10-13,17H,6-9,15H2,1-5H3. The number of hydrogen-bond acceptors (Lipinski definition) is 4. The molecule has 0 aliphatic carbocycles. The molecule has 1 saturated heterocycles. The fraction of sp³-hybridized carbons (Fsp3) is 1.00. The molecule has 0 aromatic heterocycles. The van der Waals surface area contributed by atoms with Crippen molar-refractivity contribution in [2.24, 2.45) is 11.1 Å². The van der Waals surface area contributed by atoms with E-state index in [1.807, 2.05) is 0 Å². The van der Waals surface area contributed by atoms with Crippen molar-refractivity contribution in [3.05, 3.63) is 0 Å². The predicted molar refractivity (Wildman–Crippen MR) is 74.5 cm³/mol. The van der Waals surface area contributed by atoms with Gasteiger partial charge in [0.15, 0.2) is 0 Å². The van der Waals surface area contributed by atoms with Gasteiger partial charge in [0.2, 0.25) is 0 Å². The summed E-state index contributed by atoms with van der Waals surface area (Å²) in [6.45, 7) is 12.7. The summed E-state index contributed by atoms with van der Waals surface area (Å²) in [5.41, 5.74) is 6.45. The van der Waals surface area contributed by atoms with Crippen LogP contribution in [0.2, 0.25) is 0 Å². The quantitative estimate of drug-likeness (QED) is 0.796. The lowest BCUT2D eigenvalue weighted by atomic mass is 9.80. The zero-order valence-corrected chi connectivity index (χ0v) is 12.5. The molecule has 0 spiro atoms. The Labute approximate surface area is 111 Å². The highest BCUT2D eigenvalue weighted by Crippen LogP contribution is 2.29. The maximum atomic E-state index is 9.32. The summed E-state index contributed by atoms with van der Waals surface area (Å²) in [6, 6.07) is 0.484. The van der Waals surface area contributed by atoms with Crippen molar-refractivity contribution in [2.45, 2.75) is 65.3 Å². The maximum absolute atomic E-state index is 9.32. The number of aliphatic hydroxyl groups is 1. The van der Waals surface area contributed by atoms with Gasteiger partial charge in [0.1, 0.15) is 0 Å². The summed E-state index contributed by atoms with van der Waals surface area (Å²) < 4.78 is 5.71. The van der Waals surface area contributed by atoms with Gasteiger partial charge < -0.3 is 15.6 Å². The molecule has 0 amide bonds. The molecule has 4 atom stereocenters. The van der Waals surface area contributed by atoms with Gasteiger partial charge in [-0.1, -0.05) is 27.7 Å². The summed E-state index contributed by atoms with van der Waals surface area (Å²) in [5, 5.41) is 9.32. The van der Waals surface area contributed by atoms with Crippen LogP contribution in [-0.4, -0.2) is 54.0 Å². The first-order valence-corrected chi connectivity index (χ1v) is 7.05. The monoisotopic (exact) mass is 258 g/mol. The largest absolute Gasteiger partial charge is 0.394 e. The van der Waals surface area contributed by atoms with Crippen molar-refractivity contribution < 1.29 is 9.84 Å². The topological polar surface area (TPSA) is 58.7 Å². The summed E-state index contributed by atoms with van der Waals surface area (Å²) in [7, 11) is 0. The lowest BCUT2D eigenvalue weighted by Gasteiger charge is -2.48. The Bertz CT molecular complexity index is 253. The molecular formula is C14H30N2O2. The number of nitrogens with zero attached hydrogens (tertiary/aromatic N) is 1. The first-order chi connectivity index (χ1) is 8.29. The summed E-state index contributed by atoms with van der Waals surface area (Å²) in [5.74, 6) is 0. The van der Waals surface area contributed by atoms with E-state index in [0.717, 1.165) is 19.5 Å². The molecule has 1 aliphatic heterocycles. The van der Waals surface area contributed by atoms with Crippen LogP contribution in [0.3, 0.4) is 0 Å². The highest BCUT2D eigenvalue weighted by molar-refractivity contribution is 4.93. The third kappa shape index (κ3) is 3.92. The van der Waals surface area contributed by atoms with E-state index in [9.17, 15) is 5.11 Å². The average Bonchev–Trinajstić information content (AvgIpc) is 2.26. The maximum Gasteiger partial charge on any atom is 0.0936 e. The molecule has 4 heteroatoms. The first-order valence-electron chi connectivity index (χ1n) is 7.05. The molecule has 0 radical (unpaired) electrons. The van der Waals surface area contributed by atoms with Crippen molar-refractivity contribution in [3.8, 4) is 0 Å². The van der Waals surface area contributed by atoms with Gasteiger partial charge in [-0.2, -0.15) is 0 Å². The molecule has 1 fully saturated rings. The van der Waals surface area contributed by atoms with E-state index in [0.29, 0.717) is 6.04 Å². The van der Waals surface area contributed by atoms with Crippen LogP contribution >= 0.6 is 0 Å². The molecule has 4 nitrogen and oxygen atoms in total. The zero-order valence-electron chi connectivity index (χ0n) is 12.5. The van der Waals surface area contributed by atoms with Crippen LogP contribution in [0.4, 0.5) is 0 Å². The molecule has 18 heavy (non-hydrogen) atoms. The molecule has 0 bridgehead atoms. The van der Waals surface area contributed by atoms with Crippen LogP contribution in [0.15, 0.2) is 0 Å².